The number of benzene rings is 7. The Morgan fingerprint density at radius 2 is 1.09 bits per heavy atom. The third kappa shape index (κ3) is 4.57. The van der Waals surface area contributed by atoms with Gasteiger partial charge in [0.15, 0.2) is 5.82 Å². The highest BCUT2D eigenvalue weighted by atomic mass is 14.9. The zero-order chi connectivity index (χ0) is 37.5. The Kier molecular flexibility index (Phi) is 6.97. The minimum atomic E-state index is -0.387. The van der Waals surface area contributed by atoms with E-state index in [1.54, 1.807) is 0 Å². The van der Waals surface area contributed by atoms with Crippen LogP contribution in [0.1, 0.15) is 33.7 Å². The molecule has 3 nitrogen and oxygen atoms in total. The smallest absolute Gasteiger partial charge is 0.159 e. The summed E-state index contributed by atoms with van der Waals surface area (Å²) in [5.41, 5.74) is 17.4. The molecule has 2 heterocycles. The van der Waals surface area contributed by atoms with E-state index in [0.29, 0.717) is 5.82 Å². The third-order valence-electron chi connectivity index (χ3n) is 12.7. The number of rotatable bonds is 4. The molecule has 9 aromatic rings. The molecule has 0 saturated heterocycles. The monoisotopic (exact) mass is 725 g/mol. The predicted octanol–water partition coefficient (Wildman–Crippen LogP) is 12.9. The summed E-state index contributed by atoms with van der Waals surface area (Å²) in [5, 5.41) is 2.04. The molecule has 2 unspecified atom stereocenters. The first kappa shape index (κ1) is 32.1. The Bertz CT molecular complexity index is 3080. The number of aromatic nitrogens is 3. The van der Waals surface area contributed by atoms with Crippen molar-refractivity contribution in [2.75, 3.05) is 0 Å². The van der Waals surface area contributed by atoms with Gasteiger partial charge in [-0.25, -0.2) is 9.97 Å². The van der Waals surface area contributed by atoms with Gasteiger partial charge in [0.25, 0.3) is 0 Å². The molecular formula is C54H35N3. The summed E-state index contributed by atoms with van der Waals surface area (Å²) in [6.45, 7) is 0. The summed E-state index contributed by atoms with van der Waals surface area (Å²) >= 11 is 0. The van der Waals surface area contributed by atoms with Crippen molar-refractivity contribution >= 4 is 27.4 Å². The lowest BCUT2D eigenvalue weighted by molar-refractivity contribution is 0.467. The van der Waals surface area contributed by atoms with Crippen LogP contribution in [0.3, 0.4) is 0 Å². The van der Waals surface area contributed by atoms with Crippen LogP contribution in [0, 0.1) is 5.92 Å². The van der Waals surface area contributed by atoms with Crippen LogP contribution in [0.2, 0.25) is 0 Å². The number of nitrogens with zero attached hydrogens (tertiary/aromatic N) is 3. The van der Waals surface area contributed by atoms with Crippen LogP contribution in [0.5, 0.6) is 0 Å². The lowest BCUT2D eigenvalue weighted by Gasteiger charge is -2.37. The lowest BCUT2D eigenvalue weighted by Crippen LogP contribution is -2.33. The molecule has 0 bridgehead atoms. The van der Waals surface area contributed by atoms with Gasteiger partial charge in [0.1, 0.15) is 0 Å². The number of hydrogen-bond donors (Lipinski definition) is 0. The summed E-state index contributed by atoms with van der Waals surface area (Å²) in [7, 11) is 0. The van der Waals surface area contributed by atoms with Gasteiger partial charge in [-0.15, -0.1) is 0 Å². The minimum Gasteiger partial charge on any atom is -0.256 e. The largest absolute Gasteiger partial charge is 0.256 e. The molecule has 3 aliphatic rings. The maximum Gasteiger partial charge on any atom is 0.159 e. The normalized spacial score (nSPS) is 16.9. The first-order valence-corrected chi connectivity index (χ1v) is 19.8. The van der Waals surface area contributed by atoms with Crippen molar-refractivity contribution in [3.63, 3.8) is 0 Å². The van der Waals surface area contributed by atoms with Crippen LogP contribution in [0.25, 0.3) is 72.1 Å². The Morgan fingerprint density at radius 3 is 1.77 bits per heavy atom. The SMILES string of the molecule is C1=CC2c3ccc(-c4ncc5c(n4)c(-c4ccccc4)c(-c4ccccc4)c4ncccc45)cc3C3(c4ccccc4-c4ccccc43)C2C=C1c1ccccc1. The highest BCUT2D eigenvalue weighted by Crippen LogP contribution is 2.66. The standard InChI is InChI=1S/C54H35N3/c1-4-15-34(16-5-1)37-26-28-41-42-29-27-38(32-48(42)54(47(41)31-37)45-24-12-10-21-39(45)40-22-11-13-25-46(40)54)53-56-33-44-43-23-14-30-55-51(43)49(35-17-6-2-7-18-35)50(52(44)57-53)36-19-8-3-9-20-36/h1-33,41,47H. The number of pyridine rings is 1. The summed E-state index contributed by atoms with van der Waals surface area (Å²) in [6, 6.07) is 61.4. The van der Waals surface area contributed by atoms with E-state index in [4.69, 9.17) is 15.0 Å². The highest BCUT2D eigenvalue weighted by molar-refractivity contribution is 6.19. The van der Waals surface area contributed by atoms with Crippen LogP contribution >= 0.6 is 0 Å². The van der Waals surface area contributed by atoms with E-state index in [2.05, 4.69) is 182 Å². The van der Waals surface area contributed by atoms with Crippen molar-refractivity contribution in [2.45, 2.75) is 11.3 Å². The summed E-state index contributed by atoms with van der Waals surface area (Å²) < 4.78 is 0. The average Bonchev–Trinajstić information content (AvgIpc) is 3.76. The molecular weight excluding hydrogens is 691 g/mol. The lowest BCUT2D eigenvalue weighted by atomic mass is 9.64. The quantitative estimate of drug-likeness (QED) is 0.170. The zero-order valence-electron chi connectivity index (χ0n) is 31.0. The van der Waals surface area contributed by atoms with Crippen molar-refractivity contribution in [3.05, 3.63) is 228 Å². The van der Waals surface area contributed by atoms with Crippen LogP contribution in [0.15, 0.2) is 200 Å². The van der Waals surface area contributed by atoms with Crippen LogP contribution in [-0.2, 0) is 5.41 Å². The second kappa shape index (κ2) is 12.4. The van der Waals surface area contributed by atoms with Crippen molar-refractivity contribution in [2.24, 2.45) is 5.92 Å². The van der Waals surface area contributed by atoms with E-state index in [9.17, 15) is 0 Å². The van der Waals surface area contributed by atoms with E-state index in [1.807, 2.05) is 18.5 Å². The summed E-state index contributed by atoms with van der Waals surface area (Å²) in [6.07, 6.45) is 11.2. The van der Waals surface area contributed by atoms with Crippen molar-refractivity contribution in [1.29, 1.82) is 0 Å². The van der Waals surface area contributed by atoms with Gasteiger partial charge in [-0.05, 0) is 67.8 Å². The molecule has 2 atom stereocenters. The molecule has 0 amide bonds. The highest BCUT2D eigenvalue weighted by Gasteiger charge is 2.57. The molecule has 0 radical (unpaired) electrons. The van der Waals surface area contributed by atoms with Crippen LogP contribution < -0.4 is 0 Å². The molecule has 7 aromatic carbocycles. The second-order valence-electron chi connectivity index (χ2n) is 15.4. The molecule has 1 spiro atoms. The number of fused-ring (bicyclic) bond motifs is 13. The van der Waals surface area contributed by atoms with E-state index in [0.717, 1.165) is 49.6 Å². The molecule has 3 aliphatic carbocycles. The Labute approximate surface area is 331 Å². The van der Waals surface area contributed by atoms with Gasteiger partial charge in [0, 0.05) is 51.7 Å². The Hall–Kier alpha value is -7.23. The number of allylic oxidation sites excluding steroid dienone is 4. The van der Waals surface area contributed by atoms with Gasteiger partial charge in [-0.2, -0.15) is 0 Å². The van der Waals surface area contributed by atoms with E-state index in [-0.39, 0.29) is 17.3 Å². The third-order valence-corrected chi connectivity index (χ3v) is 12.7. The first-order chi connectivity index (χ1) is 28.3. The summed E-state index contributed by atoms with van der Waals surface area (Å²) in [5.74, 6) is 1.11. The van der Waals surface area contributed by atoms with E-state index < -0.39 is 0 Å². The molecule has 2 aromatic heterocycles. The van der Waals surface area contributed by atoms with Gasteiger partial charge in [0.2, 0.25) is 0 Å². The molecule has 3 heteroatoms. The fraction of sp³-hybridized carbons (Fsp3) is 0.0556. The van der Waals surface area contributed by atoms with Gasteiger partial charge in [-0.1, -0.05) is 176 Å². The maximum atomic E-state index is 5.56. The predicted molar refractivity (Wildman–Crippen MR) is 233 cm³/mol. The van der Waals surface area contributed by atoms with Gasteiger partial charge < -0.3 is 0 Å². The molecule has 0 N–H and O–H groups in total. The Morgan fingerprint density at radius 1 is 0.474 bits per heavy atom. The molecule has 0 aliphatic heterocycles. The number of hydrogen-bond acceptors (Lipinski definition) is 3. The van der Waals surface area contributed by atoms with Crippen LogP contribution in [0.4, 0.5) is 0 Å². The molecule has 0 fully saturated rings. The summed E-state index contributed by atoms with van der Waals surface area (Å²) in [4.78, 5) is 15.7. The molecule has 266 valence electrons. The van der Waals surface area contributed by atoms with E-state index >= 15 is 0 Å². The zero-order valence-corrected chi connectivity index (χ0v) is 31.0. The fourth-order valence-corrected chi connectivity index (χ4v) is 10.4. The Balaban J connectivity index is 1.13. The fourth-order valence-electron chi connectivity index (χ4n) is 10.4. The molecule has 0 saturated carbocycles. The average molecular weight is 726 g/mol. The van der Waals surface area contributed by atoms with Crippen molar-refractivity contribution < 1.29 is 0 Å². The first-order valence-electron chi connectivity index (χ1n) is 19.8. The van der Waals surface area contributed by atoms with E-state index in [1.165, 1.54) is 44.5 Å². The maximum absolute atomic E-state index is 5.56. The van der Waals surface area contributed by atoms with Gasteiger partial charge >= 0.3 is 0 Å². The van der Waals surface area contributed by atoms with Crippen molar-refractivity contribution in [1.82, 2.24) is 15.0 Å². The van der Waals surface area contributed by atoms with Crippen molar-refractivity contribution in [3.8, 4) is 44.8 Å². The van der Waals surface area contributed by atoms with Gasteiger partial charge in [-0.3, -0.25) is 4.98 Å². The molecule has 12 rings (SSSR count). The minimum absolute atomic E-state index is 0.183. The van der Waals surface area contributed by atoms with Crippen LogP contribution in [-0.4, -0.2) is 15.0 Å². The van der Waals surface area contributed by atoms with Gasteiger partial charge in [0.05, 0.1) is 16.4 Å². The molecule has 57 heavy (non-hydrogen) atoms. The topological polar surface area (TPSA) is 38.7 Å². The second-order valence-corrected chi connectivity index (χ2v) is 15.4.